The molecule has 3 N–H and O–H groups in total. The van der Waals surface area contributed by atoms with E-state index in [1.807, 2.05) is 0 Å². The molecule has 5 aliphatic carbocycles. The van der Waals surface area contributed by atoms with Gasteiger partial charge in [0.05, 0.1) is 4.99 Å². The number of hydrogen-bond acceptors (Lipinski definition) is 2. The molecule has 0 heterocycles. The molecule has 5 aliphatic rings. The molecule has 7 rings (SSSR count). The van der Waals surface area contributed by atoms with E-state index in [0.29, 0.717) is 17.5 Å². The van der Waals surface area contributed by atoms with E-state index in [2.05, 4.69) is 66.0 Å². The van der Waals surface area contributed by atoms with Crippen molar-refractivity contribution in [2.24, 2.45) is 28.9 Å². The summed E-state index contributed by atoms with van der Waals surface area (Å²) in [5, 5.41) is 3.91. The van der Waals surface area contributed by atoms with E-state index in [1.54, 1.807) is 5.56 Å². The summed E-state index contributed by atoms with van der Waals surface area (Å²) in [6.45, 7) is 0. The number of nitrogens with two attached hydrogens (primary N) is 1. The van der Waals surface area contributed by atoms with E-state index in [0.717, 1.165) is 30.6 Å². The first-order valence-corrected chi connectivity index (χ1v) is 14.1. The summed E-state index contributed by atoms with van der Waals surface area (Å²) in [5.74, 6) is 2.44. The van der Waals surface area contributed by atoms with Gasteiger partial charge in [0.2, 0.25) is 0 Å². The molecule has 4 bridgehead atoms. The lowest BCUT2D eigenvalue weighted by atomic mass is 9.39. The molecule has 2 nitrogen and oxygen atoms in total. The predicted octanol–water partition coefficient (Wildman–Crippen LogP) is 6.57. The molecule has 2 aromatic carbocycles. The Morgan fingerprint density at radius 1 is 0.853 bits per heavy atom. The Labute approximate surface area is 211 Å². The van der Waals surface area contributed by atoms with Crippen LogP contribution in [0.5, 0.6) is 0 Å². The molecule has 2 unspecified atom stereocenters. The van der Waals surface area contributed by atoms with E-state index >= 15 is 0 Å². The third-order valence-corrected chi connectivity index (χ3v) is 10.6. The van der Waals surface area contributed by atoms with Gasteiger partial charge < -0.3 is 11.1 Å². The molecule has 0 aliphatic heterocycles. The zero-order valence-corrected chi connectivity index (χ0v) is 21.2. The van der Waals surface area contributed by atoms with Gasteiger partial charge in [0.25, 0.3) is 0 Å². The fourth-order valence-electron chi connectivity index (χ4n) is 8.69. The van der Waals surface area contributed by atoms with Gasteiger partial charge in [-0.25, -0.2) is 0 Å². The minimum atomic E-state index is 0.194. The fourth-order valence-corrected chi connectivity index (χ4v) is 9.10. The molecule has 3 heteroatoms. The topological polar surface area (TPSA) is 38.0 Å². The van der Waals surface area contributed by atoms with Gasteiger partial charge in [0.1, 0.15) is 0 Å². The maximum absolute atomic E-state index is 6.29. The number of benzene rings is 2. The van der Waals surface area contributed by atoms with Crippen LogP contribution in [0.25, 0.3) is 0 Å². The monoisotopic (exact) mass is 472 g/mol. The van der Waals surface area contributed by atoms with E-state index in [-0.39, 0.29) is 5.41 Å². The lowest BCUT2D eigenvalue weighted by Gasteiger charge is -2.65. The summed E-state index contributed by atoms with van der Waals surface area (Å²) in [5.41, 5.74) is 9.76. The third-order valence-electron chi connectivity index (χ3n) is 10.1. The summed E-state index contributed by atoms with van der Waals surface area (Å²) in [6.07, 6.45) is 13.7. The quantitative estimate of drug-likeness (QED) is 0.467. The van der Waals surface area contributed by atoms with Gasteiger partial charge in [-0.1, -0.05) is 72.9 Å². The Hall–Kier alpha value is -1.71. The predicted molar refractivity (Wildman–Crippen MR) is 145 cm³/mol. The van der Waals surface area contributed by atoms with Crippen molar-refractivity contribution in [3.63, 3.8) is 0 Å². The maximum atomic E-state index is 6.29. The standard InChI is InChI=1S/C31H40N2S/c32-26-12-14-27(15-13-26)33-29(34)31-19-23-17-30(21-31,25-9-5-2-6-10-25)18-24(20-31)28(23)16-11-22-7-3-1-4-8-22/h1-10,23-24,26-28H,11-21,32H2,(H,33,34)/t23?,24?,26-,27-,28?,30?,31?. The van der Waals surface area contributed by atoms with Gasteiger partial charge in [0, 0.05) is 17.5 Å². The summed E-state index contributed by atoms with van der Waals surface area (Å²) in [7, 11) is 0. The minimum Gasteiger partial charge on any atom is -0.376 e. The van der Waals surface area contributed by atoms with E-state index in [4.69, 9.17) is 18.0 Å². The molecule has 0 saturated heterocycles. The Kier molecular flexibility index (Phi) is 6.06. The minimum absolute atomic E-state index is 0.194. The highest BCUT2D eigenvalue weighted by molar-refractivity contribution is 7.80. The lowest BCUT2D eigenvalue weighted by molar-refractivity contribution is -0.0837. The zero-order chi connectivity index (χ0) is 23.2. The van der Waals surface area contributed by atoms with E-state index in [1.165, 1.54) is 68.3 Å². The first kappa shape index (κ1) is 22.7. The van der Waals surface area contributed by atoms with Gasteiger partial charge in [-0.2, -0.15) is 0 Å². The summed E-state index contributed by atoms with van der Waals surface area (Å²) in [4.78, 5) is 1.20. The fraction of sp³-hybridized carbons (Fsp3) is 0.581. The molecular weight excluding hydrogens is 432 g/mol. The van der Waals surface area contributed by atoms with E-state index < -0.39 is 0 Å². The van der Waals surface area contributed by atoms with Crippen molar-refractivity contribution in [3.8, 4) is 0 Å². The highest BCUT2D eigenvalue weighted by atomic mass is 32.1. The Balaban J connectivity index is 1.25. The van der Waals surface area contributed by atoms with Crippen molar-refractivity contribution in [2.75, 3.05) is 0 Å². The highest BCUT2D eigenvalue weighted by Gasteiger charge is 2.62. The van der Waals surface area contributed by atoms with Crippen molar-refractivity contribution < 1.29 is 0 Å². The smallest absolute Gasteiger partial charge is 0.0818 e. The highest BCUT2D eigenvalue weighted by Crippen LogP contribution is 2.68. The molecule has 0 spiro atoms. The number of rotatable bonds is 6. The molecule has 180 valence electrons. The molecular formula is C31H40N2S. The largest absolute Gasteiger partial charge is 0.376 e. The number of aryl methyl sites for hydroxylation is 1. The SMILES string of the molecule is N[C@H]1CC[C@H](NC(=S)C23CC4CC(c5ccccc5)(CC(C2)C4CCc2ccccc2)C3)CC1. The molecule has 5 fully saturated rings. The van der Waals surface area contributed by atoms with Crippen LogP contribution in [0.1, 0.15) is 75.3 Å². The lowest BCUT2D eigenvalue weighted by Crippen LogP contribution is -2.62. The number of hydrogen-bond donors (Lipinski definition) is 2. The van der Waals surface area contributed by atoms with Gasteiger partial charge in [0.15, 0.2) is 0 Å². The van der Waals surface area contributed by atoms with Crippen LogP contribution in [0, 0.1) is 23.2 Å². The van der Waals surface area contributed by atoms with Crippen molar-refractivity contribution in [1.82, 2.24) is 5.32 Å². The van der Waals surface area contributed by atoms with Crippen molar-refractivity contribution in [3.05, 3.63) is 71.8 Å². The van der Waals surface area contributed by atoms with Crippen molar-refractivity contribution in [1.29, 1.82) is 0 Å². The van der Waals surface area contributed by atoms with Crippen LogP contribution in [0.3, 0.4) is 0 Å². The molecule has 2 aromatic rings. The third kappa shape index (κ3) is 4.13. The van der Waals surface area contributed by atoms with Gasteiger partial charge in [-0.3, -0.25) is 0 Å². The first-order chi connectivity index (χ1) is 16.6. The van der Waals surface area contributed by atoms with E-state index in [9.17, 15) is 0 Å². The molecule has 34 heavy (non-hydrogen) atoms. The van der Waals surface area contributed by atoms with Gasteiger partial charge in [-0.05, 0) is 105 Å². The molecule has 2 atom stereocenters. The average molecular weight is 473 g/mol. The Bertz CT molecular complexity index is 979. The Morgan fingerprint density at radius 3 is 2.12 bits per heavy atom. The number of nitrogens with one attached hydrogen (secondary N) is 1. The summed E-state index contributed by atoms with van der Waals surface area (Å²) >= 11 is 6.29. The molecule has 0 radical (unpaired) electrons. The van der Waals surface area contributed by atoms with Crippen LogP contribution in [-0.4, -0.2) is 17.1 Å². The van der Waals surface area contributed by atoms with Crippen LogP contribution in [0.4, 0.5) is 0 Å². The normalized spacial score (nSPS) is 38.6. The van der Waals surface area contributed by atoms with Crippen LogP contribution in [0.2, 0.25) is 0 Å². The van der Waals surface area contributed by atoms with Crippen LogP contribution >= 0.6 is 12.2 Å². The molecule has 0 aromatic heterocycles. The second kappa shape index (κ2) is 9.06. The number of thiocarbonyl (C=S) groups is 1. The van der Waals surface area contributed by atoms with Crippen molar-refractivity contribution >= 4 is 17.2 Å². The van der Waals surface area contributed by atoms with Crippen LogP contribution < -0.4 is 11.1 Å². The maximum Gasteiger partial charge on any atom is 0.0818 e. The second-order valence-corrected chi connectivity index (χ2v) is 12.6. The molecule has 0 amide bonds. The van der Waals surface area contributed by atoms with Crippen LogP contribution in [0.15, 0.2) is 60.7 Å². The van der Waals surface area contributed by atoms with Gasteiger partial charge in [-0.15, -0.1) is 0 Å². The summed E-state index contributed by atoms with van der Waals surface area (Å²) in [6, 6.07) is 23.5. The first-order valence-electron chi connectivity index (χ1n) is 13.7. The zero-order valence-electron chi connectivity index (χ0n) is 20.4. The van der Waals surface area contributed by atoms with Crippen molar-refractivity contribution in [2.45, 2.75) is 88.1 Å². The summed E-state index contributed by atoms with van der Waals surface area (Å²) < 4.78 is 0. The molecule has 5 saturated carbocycles. The Morgan fingerprint density at radius 2 is 1.47 bits per heavy atom. The second-order valence-electron chi connectivity index (χ2n) is 12.2. The average Bonchev–Trinajstić information content (AvgIpc) is 2.86. The van der Waals surface area contributed by atoms with Crippen LogP contribution in [-0.2, 0) is 11.8 Å². The van der Waals surface area contributed by atoms with Gasteiger partial charge >= 0.3 is 0 Å².